The van der Waals surface area contributed by atoms with Gasteiger partial charge in [0.2, 0.25) is 0 Å². The molecule has 1 N–H and O–H groups in total. The third-order valence-electron chi connectivity index (χ3n) is 4.56. The fourth-order valence-corrected chi connectivity index (χ4v) is 3.11. The van der Waals surface area contributed by atoms with Crippen molar-refractivity contribution in [3.8, 4) is 0 Å². The van der Waals surface area contributed by atoms with Crippen LogP contribution in [0.4, 0.5) is 4.79 Å². The zero-order valence-corrected chi connectivity index (χ0v) is 19.4. The quantitative estimate of drug-likeness (QED) is 0.231. The molecule has 1 aliphatic rings. The van der Waals surface area contributed by atoms with E-state index in [9.17, 15) is 4.79 Å². The molecule has 0 unspecified atom stereocenters. The molecule has 30 heavy (non-hydrogen) atoms. The lowest BCUT2D eigenvalue weighted by atomic mass is 9.97. The number of alkyl carbamates (subject to hydrolysis) is 1. The van der Waals surface area contributed by atoms with Gasteiger partial charge in [0.25, 0.3) is 0 Å². The van der Waals surface area contributed by atoms with Crippen LogP contribution in [-0.4, -0.2) is 90.1 Å². The minimum absolute atomic E-state index is 0.0149. The Morgan fingerprint density at radius 2 is 1.23 bits per heavy atom. The summed E-state index contributed by atoms with van der Waals surface area (Å²) in [6.45, 7) is 8.16. The smallest absolute Gasteiger partial charge is 0.407 e. The van der Waals surface area contributed by atoms with Crippen molar-refractivity contribution in [3.05, 3.63) is 0 Å². The molecule has 0 aromatic heterocycles. The van der Waals surface area contributed by atoms with Crippen LogP contribution in [0.1, 0.15) is 45.4 Å². The van der Waals surface area contributed by atoms with Gasteiger partial charge >= 0.3 is 6.09 Å². The maximum atomic E-state index is 11.7. The Morgan fingerprint density at radius 3 is 1.73 bits per heavy atom. The van der Waals surface area contributed by atoms with E-state index < -0.39 is 0 Å². The topological polar surface area (TPSA) is 84.5 Å². The summed E-state index contributed by atoms with van der Waals surface area (Å²) in [7, 11) is 0. The molecular weight excluding hydrogens is 410 g/mol. The number of carbonyl (C=O) groups excluding carboxylic acids is 1. The SMILES string of the molecule is CCCCOCCOCCOCCOCCOCCNC(=O)OC1CCC(S)CC1. The van der Waals surface area contributed by atoms with Gasteiger partial charge in [-0.15, -0.1) is 0 Å². The molecule has 8 nitrogen and oxygen atoms in total. The van der Waals surface area contributed by atoms with Gasteiger partial charge in [0.15, 0.2) is 0 Å². The molecule has 0 bridgehead atoms. The fourth-order valence-electron chi connectivity index (χ4n) is 2.81. The van der Waals surface area contributed by atoms with Crippen molar-refractivity contribution in [2.45, 2.75) is 56.8 Å². The van der Waals surface area contributed by atoms with E-state index in [1.807, 2.05) is 0 Å². The van der Waals surface area contributed by atoms with Gasteiger partial charge in [0, 0.05) is 18.4 Å². The molecule has 0 heterocycles. The molecule has 0 atom stereocenters. The Hall–Kier alpha value is -0.580. The van der Waals surface area contributed by atoms with Crippen LogP contribution in [0.3, 0.4) is 0 Å². The molecule has 0 saturated heterocycles. The normalized spacial score (nSPS) is 19.0. The highest BCUT2D eigenvalue weighted by Crippen LogP contribution is 2.24. The zero-order valence-electron chi connectivity index (χ0n) is 18.5. The summed E-state index contributed by atoms with van der Waals surface area (Å²) in [6.07, 6.45) is 5.66. The number of ether oxygens (including phenoxy) is 6. The fraction of sp³-hybridized carbons (Fsp3) is 0.952. The minimum Gasteiger partial charge on any atom is -0.446 e. The molecule has 0 radical (unpaired) electrons. The number of thiol groups is 1. The third kappa shape index (κ3) is 17.1. The largest absolute Gasteiger partial charge is 0.446 e. The number of rotatable bonds is 19. The van der Waals surface area contributed by atoms with Gasteiger partial charge in [-0.05, 0) is 32.1 Å². The Bertz CT molecular complexity index is 396. The first kappa shape index (κ1) is 27.5. The van der Waals surface area contributed by atoms with Crippen LogP contribution in [0.2, 0.25) is 0 Å². The van der Waals surface area contributed by atoms with Crippen LogP contribution in [0.25, 0.3) is 0 Å². The summed E-state index contributed by atoms with van der Waals surface area (Å²) in [6, 6.07) is 0. The Morgan fingerprint density at radius 1 is 0.767 bits per heavy atom. The second-order valence-corrected chi connectivity index (χ2v) is 7.91. The second kappa shape index (κ2) is 20.3. The standard InChI is InChI=1S/C21H41NO7S/c1-2-3-9-24-11-13-26-15-17-28-18-16-27-14-12-25-10-8-22-21(23)29-19-4-6-20(30)7-5-19/h19-20,30H,2-18H2,1H3,(H,22,23). The van der Waals surface area contributed by atoms with Crippen molar-refractivity contribution in [1.29, 1.82) is 0 Å². The first-order valence-corrected chi connectivity index (χ1v) is 11.7. The van der Waals surface area contributed by atoms with E-state index in [4.69, 9.17) is 28.4 Å². The lowest BCUT2D eigenvalue weighted by Crippen LogP contribution is -2.33. The van der Waals surface area contributed by atoms with Gasteiger partial charge < -0.3 is 33.7 Å². The molecule has 0 aromatic rings. The van der Waals surface area contributed by atoms with Crippen LogP contribution >= 0.6 is 12.6 Å². The first-order valence-electron chi connectivity index (χ1n) is 11.2. The molecule has 0 aliphatic heterocycles. The molecular formula is C21H41NO7S. The maximum absolute atomic E-state index is 11.7. The summed E-state index contributed by atoms with van der Waals surface area (Å²) in [5.74, 6) is 0. The second-order valence-electron chi connectivity index (χ2n) is 7.18. The molecule has 1 saturated carbocycles. The highest BCUT2D eigenvalue weighted by molar-refractivity contribution is 7.80. The highest BCUT2D eigenvalue weighted by atomic mass is 32.1. The van der Waals surface area contributed by atoms with Crippen molar-refractivity contribution in [3.63, 3.8) is 0 Å². The lowest BCUT2D eigenvalue weighted by molar-refractivity contribution is -0.0110. The Balaban J connectivity index is 1.72. The highest BCUT2D eigenvalue weighted by Gasteiger charge is 2.21. The van der Waals surface area contributed by atoms with Crippen molar-refractivity contribution in [1.82, 2.24) is 5.32 Å². The number of hydrogen-bond donors (Lipinski definition) is 2. The molecule has 0 spiro atoms. The molecule has 0 aromatic carbocycles. The van der Waals surface area contributed by atoms with Crippen molar-refractivity contribution in [2.24, 2.45) is 0 Å². The lowest BCUT2D eigenvalue weighted by Gasteiger charge is -2.25. The number of amides is 1. The van der Waals surface area contributed by atoms with Crippen LogP contribution < -0.4 is 5.32 Å². The van der Waals surface area contributed by atoms with E-state index >= 15 is 0 Å². The van der Waals surface area contributed by atoms with Crippen LogP contribution in [-0.2, 0) is 28.4 Å². The maximum Gasteiger partial charge on any atom is 0.407 e. The first-order chi connectivity index (χ1) is 14.7. The predicted molar refractivity (Wildman–Crippen MR) is 119 cm³/mol. The number of unbranched alkanes of at least 4 members (excludes halogenated alkanes) is 1. The van der Waals surface area contributed by atoms with Gasteiger partial charge in [-0.2, -0.15) is 12.6 Å². The summed E-state index contributed by atoms with van der Waals surface area (Å²) in [5.41, 5.74) is 0. The van der Waals surface area contributed by atoms with Gasteiger partial charge in [0.1, 0.15) is 6.10 Å². The third-order valence-corrected chi connectivity index (χ3v) is 5.08. The van der Waals surface area contributed by atoms with Crippen LogP contribution in [0, 0.1) is 0 Å². The van der Waals surface area contributed by atoms with E-state index in [1.165, 1.54) is 0 Å². The van der Waals surface area contributed by atoms with E-state index in [2.05, 4.69) is 24.9 Å². The van der Waals surface area contributed by atoms with Crippen molar-refractivity contribution in [2.75, 3.05) is 72.6 Å². The Kier molecular flexibility index (Phi) is 18.6. The molecule has 1 amide bonds. The average Bonchev–Trinajstić information content (AvgIpc) is 2.74. The predicted octanol–water partition coefficient (Wildman–Crippen LogP) is 2.84. The van der Waals surface area contributed by atoms with Gasteiger partial charge in [-0.25, -0.2) is 4.79 Å². The average molecular weight is 452 g/mol. The summed E-state index contributed by atoms with van der Waals surface area (Å²) >= 11 is 4.44. The van der Waals surface area contributed by atoms with Crippen molar-refractivity contribution < 1.29 is 33.2 Å². The van der Waals surface area contributed by atoms with E-state index in [-0.39, 0.29) is 12.2 Å². The minimum atomic E-state index is -0.373. The number of nitrogens with one attached hydrogen (secondary N) is 1. The Labute approximate surface area is 187 Å². The van der Waals surface area contributed by atoms with Gasteiger partial charge in [-0.1, -0.05) is 13.3 Å². The van der Waals surface area contributed by atoms with Crippen molar-refractivity contribution >= 4 is 18.7 Å². The molecule has 9 heteroatoms. The van der Waals surface area contributed by atoms with Crippen LogP contribution in [0.5, 0.6) is 0 Å². The van der Waals surface area contributed by atoms with Gasteiger partial charge in [-0.3, -0.25) is 0 Å². The number of carbonyl (C=O) groups is 1. The molecule has 178 valence electrons. The summed E-state index contributed by atoms with van der Waals surface area (Å²) in [5, 5.41) is 3.15. The number of hydrogen-bond acceptors (Lipinski definition) is 8. The van der Waals surface area contributed by atoms with E-state index in [0.717, 1.165) is 45.1 Å². The monoisotopic (exact) mass is 451 g/mol. The molecule has 1 fully saturated rings. The molecule has 1 rings (SSSR count). The summed E-state index contributed by atoms with van der Waals surface area (Å²) < 4.78 is 32.4. The van der Waals surface area contributed by atoms with Crippen LogP contribution in [0.15, 0.2) is 0 Å². The summed E-state index contributed by atoms with van der Waals surface area (Å²) in [4.78, 5) is 11.7. The zero-order chi connectivity index (χ0) is 21.7. The van der Waals surface area contributed by atoms with Gasteiger partial charge in [0.05, 0.1) is 59.5 Å². The van der Waals surface area contributed by atoms with E-state index in [0.29, 0.717) is 71.3 Å². The molecule has 1 aliphatic carbocycles. The van der Waals surface area contributed by atoms with E-state index in [1.54, 1.807) is 0 Å².